The van der Waals surface area contributed by atoms with Crippen LogP contribution < -0.4 is 10.2 Å². The second-order valence-electron chi connectivity index (χ2n) is 6.67. The molecule has 0 spiro atoms. The number of H-pyrrole nitrogens is 1. The third kappa shape index (κ3) is 2.93. The number of urea groups is 1. The fourth-order valence-corrected chi connectivity index (χ4v) is 3.41. The van der Waals surface area contributed by atoms with Crippen molar-refractivity contribution in [1.82, 2.24) is 9.88 Å². The molecular formula is C20H22N4O. The Labute approximate surface area is 147 Å². The van der Waals surface area contributed by atoms with Crippen LogP contribution in [0.1, 0.15) is 11.3 Å². The van der Waals surface area contributed by atoms with E-state index in [1.54, 1.807) is 0 Å². The van der Waals surface area contributed by atoms with Gasteiger partial charge in [0.1, 0.15) is 0 Å². The molecule has 25 heavy (non-hydrogen) atoms. The van der Waals surface area contributed by atoms with E-state index >= 15 is 0 Å². The lowest BCUT2D eigenvalue weighted by Gasteiger charge is -2.27. The number of hydrogen-bond donors (Lipinski definition) is 2. The highest BCUT2D eigenvalue weighted by Crippen LogP contribution is 2.27. The second kappa shape index (κ2) is 6.16. The molecule has 0 bridgehead atoms. The van der Waals surface area contributed by atoms with Gasteiger partial charge in [0.25, 0.3) is 0 Å². The highest BCUT2D eigenvalue weighted by Gasteiger charge is 2.23. The van der Waals surface area contributed by atoms with E-state index in [4.69, 9.17) is 0 Å². The average Bonchev–Trinajstić information content (AvgIpc) is 3.00. The van der Waals surface area contributed by atoms with E-state index in [-0.39, 0.29) is 6.03 Å². The van der Waals surface area contributed by atoms with Crippen molar-refractivity contribution in [2.24, 2.45) is 0 Å². The number of aromatic amines is 1. The minimum atomic E-state index is -0.0538. The molecule has 0 saturated heterocycles. The van der Waals surface area contributed by atoms with Gasteiger partial charge in [0.2, 0.25) is 0 Å². The van der Waals surface area contributed by atoms with E-state index in [0.717, 1.165) is 35.6 Å². The molecule has 2 aromatic carbocycles. The summed E-state index contributed by atoms with van der Waals surface area (Å²) in [6.07, 6.45) is 0.881. The summed E-state index contributed by atoms with van der Waals surface area (Å²) in [6, 6.07) is 16.2. The third-order valence-corrected chi connectivity index (χ3v) is 4.80. The lowest BCUT2D eigenvalue weighted by atomic mass is 10.0. The Morgan fingerprint density at radius 3 is 2.64 bits per heavy atom. The van der Waals surface area contributed by atoms with Crippen molar-refractivity contribution in [3.63, 3.8) is 0 Å². The van der Waals surface area contributed by atoms with Gasteiger partial charge in [-0.05, 0) is 42.3 Å². The highest BCUT2D eigenvalue weighted by atomic mass is 16.2. The molecule has 5 heteroatoms. The number of nitrogens with one attached hydrogen (secondary N) is 2. The molecule has 128 valence electrons. The predicted octanol–water partition coefficient (Wildman–Crippen LogP) is 3.82. The zero-order valence-electron chi connectivity index (χ0n) is 14.5. The van der Waals surface area contributed by atoms with Crippen molar-refractivity contribution in [2.45, 2.75) is 13.0 Å². The van der Waals surface area contributed by atoms with E-state index in [2.05, 4.69) is 28.5 Å². The van der Waals surface area contributed by atoms with Crippen LogP contribution in [-0.4, -0.2) is 36.6 Å². The second-order valence-corrected chi connectivity index (χ2v) is 6.67. The van der Waals surface area contributed by atoms with Crippen LogP contribution in [-0.2, 0) is 13.0 Å². The van der Waals surface area contributed by atoms with Gasteiger partial charge in [-0.15, -0.1) is 0 Å². The molecule has 0 unspecified atom stereocenters. The molecule has 0 atom stereocenters. The molecule has 2 N–H and O–H groups in total. The summed E-state index contributed by atoms with van der Waals surface area (Å²) in [5, 5.41) is 4.27. The number of rotatable bonds is 2. The van der Waals surface area contributed by atoms with Crippen LogP contribution in [0, 0.1) is 0 Å². The number of para-hydroxylation sites is 1. The standard InChI is InChI=1S/C20H22N4O/c1-23(2)15-9-7-14(8-10-15)21-20(25)24-12-11-17-16-5-3-4-6-18(16)22-19(17)13-24/h3-10,22H,11-13H2,1-2H3,(H,21,25). The Balaban J connectivity index is 1.48. The Kier molecular flexibility index (Phi) is 3.84. The maximum atomic E-state index is 12.6. The molecule has 0 aliphatic carbocycles. The molecule has 1 aliphatic rings. The molecule has 5 nitrogen and oxygen atoms in total. The van der Waals surface area contributed by atoms with Crippen LogP contribution in [0.2, 0.25) is 0 Å². The molecule has 3 aromatic rings. The first-order valence-corrected chi connectivity index (χ1v) is 8.53. The van der Waals surface area contributed by atoms with Gasteiger partial charge in [0.05, 0.1) is 6.54 Å². The van der Waals surface area contributed by atoms with Gasteiger partial charge in [0.15, 0.2) is 0 Å². The van der Waals surface area contributed by atoms with Crippen LogP contribution in [0.5, 0.6) is 0 Å². The average molecular weight is 334 g/mol. The first-order chi connectivity index (χ1) is 12.1. The quantitative estimate of drug-likeness (QED) is 0.748. The van der Waals surface area contributed by atoms with Gasteiger partial charge in [-0.3, -0.25) is 0 Å². The van der Waals surface area contributed by atoms with Gasteiger partial charge in [-0.25, -0.2) is 4.79 Å². The van der Waals surface area contributed by atoms with Crippen molar-refractivity contribution in [3.8, 4) is 0 Å². The normalized spacial score (nSPS) is 13.6. The number of fused-ring (bicyclic) bond motifs is 3. The Hall–Kier alpha value is -2.95. The highest BCUT2D eigenvalue weighted by molar-refractivity contribution is 5.90. The van der Waals surface area contributed by atoms with Gasteiger partial charge < -0.3 is 20.1 Å². The number of benzene rings is 2. The zero-order valence-corrected chi connectivity index (χ0v) is 14.5. The van der Waals surface area contributed by atoms with Crippen LogP contribution in [0.3, 0.4) is 0 Å². The summed E-state index contributed by atoms with van der Waals surface area (Å²) in [5.41, 5.74) is 5.56. The van der Waals surface area contributed by atoms with E-state index in [0.29, 0.717) is 6.54 Å². The minimum Gasteiger partial charge on any atom is -0.378 e. The summed E-state index contributed by atoms with van der Waals surface area (Å²) in [5.74, 6) is 0. The molecule has 0 saturated carbocycles. The summed E-state index contributed by atoms with van der Waals surface area (Å²) in [4.78, 5) is 20.0. The topological polar surface area (TPSA) is 51.4 Å². The summed E-state index contributed by atoms with van der Waals surface area (Å²) >= 11 is 0. The molecule has 2 heterocycles. The Bertz CT molecular complexity index is 911. The molecule has 1 aliphatic heterocycles. The van der Waals surface area contributed by atoms with Crippen molar-refractivity contribution >= 4 is 28.3 Å². The minimum absolute atomic E-state index is 0.0538. The van der Waals surface area contributed by atoms with Gasteiger partial charge in [0, 0.05) is 48.6 Å². The zero-order chi connectivity index (χ0) is 17.4. The van der Waals surface area contributed by atoms with E-state index in [9.17, 15) is 4.79 Å². The van der Waals surface area contributed by atoms with Gasteiger partial charge in [-0.2, -0.15) is 0 Å². The van der Waals surface area contributed by atoms with E-state index in [1.165, 1.54) is 10.9 Å². The van der Waals surface area contributed by atoms with Gasteiger partial charge >= 0.3 is 6.03 Å². The third-order valence-electron chi connectivity index (χ3n) is 4.80. The molecule has 0 fully saturated rings. The van der Waals surface area contributed by atoms with Crippen LogP contribution >= 0.6 is 0 Å². The maximum absolute atomic E-state index is 12.6. The number of hydrogen-bond acceptors (Lipinski definition) is 2. The number of anilines is 2. The van der Waals surface area contributed by atoms with Crippen LogP contribution in [0.15, 0.2) is 48.5 Å². The monoisotopic (exact) mass is 334 g/mol. The summed E-state index contributed by atoms with van der Waals surface area (Å²) < 4.78 is 0. The first kappa shape index (κ1) is 15.6. The number of aromatic nitrogens is 1. The predicted molar refractivity (Wildman–Crippen MR) is 102 cm³/mol. The fraction of sp³-hybridized carbons (Fsp3) is 0.250. The lowest BCUT2D eigenvalue weighted by molar-refractivity contribution is 0.206. The summed E-state index contributed by atoms with van der Waals surface area (Å²) in [6.45, 7) is 1.35. The van der Waals surface area contributed by atoms with Crippen LogP contribution in [0.25, 0.3) is 10.9 Å². The molecular weight excluding hydrogens is 312 g/mol. The number of carbonyl (C=O) groups is 1. The van der Waals surface area contributed by atoms with Crippen molar-refractivity contribution in [2.75, 3.05) is 30.9 Å². The van der Waals surface area contributed by atoms with Crippen molar-refractivity contribution in [1.29, 1.82) is 0 Å². The molecule has 0 radical (unpaired) electrons. The van der Waals surface area contributed by atoms with Crippen molar-refractivity contribution < 1.29 is 4.79 Å². The lowest BCUT2D eigenvalue weighted by Crippen LogP contribution is -2.38. The smallest absolute Gasteiger partial charge is 0.322 e. The SMILES string of the molecule is CN(C)c1ccc(NC(=O)N2CCc3c([nH]c4ccccc34)C2)cc1. The number of carbonyl (C=O) groups excluding carboxylic acids is 1. The maximum Gasteiger partial charge on any atom is 0.322 e. The van der Waals surface area contributed by atoms with E-state index in [1.807, 2.05) is 54.2 Å². The fourth-order valence-electron chi connectivity index (χ4n) is 3.41. The first-order valence-electron chi connectivity index (χ1n) is 8.53. The molecule has 2 amide bonds. The molecule has 1 aromatic heterocycles. The Morgan fingerprint density at radius 1 is 1.12 bits per heavy atom. The largest absolute Gasteiger partial charge is 0.378 e. The van der Waals surface area contributed by atoms with Crippen LogP contribution in [0.4, 0.5) is 16.2 Å². The number of nitrogens with zero attached hydrogens (tertiary/aromatic N) is 2. The Morgan fingerprint density at radius 2 is 1.88 bits per heavy atom. The van der Waals surface area contributed by atoms with E-state index < -0.39 is 0 Å². The van der Waals surface area contributed by atoms with Gasteiger partial charge in [-0.1, -0.05) is 18.2 Å². The number of amides is 2. The molecule has 4 rings (SSSR count). The van der Waals surface area contributed by atoms with Crippen molar-refractivity contribution in [3.05, 3.63) is 59.8 Å². The summed E-state index contributed by atoms with van der Waals surface area (Å²) in [7, 11) is 4.00.